The molecule has 1 aromatic carbocycles. The lowest BCUT2D eigenvalue weighted by molar-refractivity contribution is -0.119. The van der Waals surface area contributed by atoms with Crippen molar-refractivity contribution in [3.63, 3.8) is 0 Å². The number of aryl methyl sites for hydroxylation is 4. The highest BCUT2D eigenvalue weighted by molar-refractivity contribution is 7.17. The van der Waals surface area contributed by atoms with Crippen LogP contribution in [0.25, 0.3) is 0 Å². The first-order valence-corrected chi connectivity index (χ1v) is 9.58. The van der Waals surface area contributed by atoms with Crippen molar-refractivity contribution in [1.82, 2.24) is 0 Å². The lowest BCUT2D eigenvalue weighted by Crippen LogP contribution is -2.23. The van der Waals surface area contributed by atoms with Gasteiger partial charge in [-0.15, -0.1) is 11.3 Å². The van der Waals surface area contributed by atoms with Crippen LogP contribution in [0.15, 0.2) is 12.1 Å². The number of amides is 2. The average Bonchev–Trinajstić information content (AvgIpc) is 3.11. The molecule has 1 aromatic heterocycles. The predicted octanol–water partition coefficient (Wildman–Crippen LogP) is 3.06. The summed E-state index contributed by atoms with van der Waals surface area (Å²) >= 11 is 1.37. The van der Waals surface area contributed by atoms with Crippen LogP contribution < -0.4 is 11.1 Å². The zero-order chi connectivity index (χ0) is 19.7. The van der Waals surface area contributed by atoms with Crippen LogP contribution in [-0.2, 0) is 22.4 Å². The van der Waals surface area contributed by atoms with Crippen molar-refractivity contribution in [2.75, 3.05) is 11.9 Å². The van der Waals surface area contributed by atoms with E-state index in [1.54, 1.807) is 0 Å². The zero-order valence-corrected chi connectivity index (χ0v) is 16.4. The van der Waals surface area contributed by atoms with E-state index in [1.165, 1.54) is 11.3 Å². The van der Waals surface area contributed by atoms with Crippen molar-refractivity contribution in [2.45, 2.75) is 40.0 Å². The number of primary amides is 1. The van der Waals surface area contributed by atoms with Gasteiger partial charge in [0.05, 0.1) is 11.1 Å². The van der Waals surface area contributed by atoms with E-state index in [2.05, 4.69) is 5.32 Å². The topological polar surface area (TPSA) is 98.5 Å². The van der Waals surface area contributed by atoms with E-state index in [4.69, 9.17) is 10.5 Å². The number of benzene rings is 1. The molecule has 0 saturated heterocycles. The summed E-state index contributed by atoms with van der Waals surface area (Å²) in [5, 5.41) is 3.11. The van der Waals surface area contributed by atoms with Crippen LogP contribution in [0.1, 0.15) is 54.3 Å². The van der Waals surface area contributed by atoms with Gasteiger partial charge < -0.3 is 15.8 Å². The van der Waals surface area contributed by atoms with Gasteiger partial charge in [-0.05, 0) is 56.7 Å². The SMILES string of the molecule is Cc1cc(C)c(C(=O)OCC(=O)Nc2sc3c(c2C(N)=O)CCC3)c(C)c1. The second kappa shape index (κ2) is 7.52. The first-order chi connectivity index (χ1) is 12.8. The highest BCUT2D eigenvalue weighted by Crippen LogP contribution is 2.38. The van der Waals surface area contributed by atoms with Crippen LogP contribution in [0.5, 0.6) is 0 Å². The molecule has 7 heteroatoms. The maximum atomic E-state index is 12.4. The predicted molar refractivity (Wildman–Crippen MR) is 104 cm³/mol. The normalized spacial score (nSPS) is 12.6. The summed E-state index contributed by atoms with van der Waals surface area (Å²) in [6, 6.07) is 3.80. The molecule has 0 atom stereocenters. The number of thiophene rings is 1. The largest absolute Gasteiger partial charge is 0.452 e. The van der Waals surface area contributed by atoms with Gasteiger partial charge >= 0.3 is 5.97 Å². The Morgan fingerprint density at radius 1 is 1.11 bits per heavy atom. The van der Waals surface area contributed by atoms with Gasteiger partial charge in [0.1, 0.15) is 5.00 Å². The first-order valence-electron chi connectivity index (χ1n) is 8.77. The number of rotatable bonds is 5. The Morgan fingerprint density at radius 2 is 1.78 bits per heavy atom. The number of nitrogens with two attached hydrogens (primary N) is 1. The standard InChI is InChI=1S/C20H22N2O4S/c1-10-7-11(2)16(12(3)8-10)20(25)26-9-15(23)22-19-17(18(21)24)13-5-4-6-14(13)27-19/h7-8H,4-6,9H2,1-3H3,(H2,21,24)(H,22,23). The third-order valence-electron chi connectivity index (χ3n) is 4.64. The molecule has 0 unspecified atom stereocenters. The first kappa shape index (κ1) is 19.1. The van der Waals surface area contributed by atoms with Crippen molar-refractivity contribution in [2.24, 2.45) is 5.73 Å². The lowest BCUT2D eigenvalue weighted by atomic mass is 10.00. The number of anilines is 1. The van der Waals surface area contributed by atoms with Gasteiger partial charge in [-0.2, -0.15) is 0 Å². The molecule has 2 amide bonds. The minimum absolute atomic E-state index is 0.386. The Labute approximate surface area is 161 Å². The molecule has 0 fully saturated rings. The van der Waals surface area contributed by atoms with Crippen LogP contribution in [0.4, 0.5) is 5.00 Å². The highest BCUT2D eigenvalue weighted by atomic mass is 32.1. The van der Waals surface area contributed by atoms with E-state index in [1.807, 2.05) is 32.9 Å². The molecule has 2 aromatic rings. The molecule has 0 spiro atoms. The van der Waals surface area contributed by atoms with Crippen LogP contribution in [0, 0.1) is 20.8 Å². The maximum absolute atomic E-state index is 12.4. The summed E-state index contributed by atoms with van der Waals surface area (Å²) in [5.41, 5.74) is 9.96. The minimum Gasteiger partial charge on any atom is -0.452 e. The maximum Gasteiger partial charge on any atom is 0.339 e. The van der Waals surface area contributed by atoms with Crippen molar-refractivity contribution >= 4 is 34.1 Å². The second-order valence-electron chi connectivity index (χ2n) is 6.82. The van der Waals surface area contributed by atoms with Crippen LogP contribution in [0.2, 0.25) is 0 Å². The van der Waals surface area contributed by atoms with Crippen LogP contribution in [0.3, 0.4) is 0 Å². The molecule has 0 bridgehead atoms. The quantitative estimate of drug-likeness (QED) is 0.772. The number of nitrogens with one attached hydrogen (secondary N) is 1. The van der Waals surface area contributed by atoms with Gasteiger partial charge in [0, 0.05) is 4.88 Å². The number of carbonyl (C=O) groups is 3. The Balaban J connectivity index is 1.68. The van der Waals surface area contributed by atoms with Crippen molar-refractivity contribution in [1.29, 1.82) is 0 Å². The van der Waals surface area contributed by atoms with E-state index in [-0.39, 0.29) is 0 Å². The number of esters is 1. The Morgan fingerprint density at radius 3 is 2.41 bits per heavy atom. The number of ether oxygens (including phenoxy) is 1. The molecule has 142 valence electrons. The third kappa shape index (κ3) is 3.88. The van der Waals surface area contributed by atoms with Gasteiger partial charge in [0.2, 0.25) is 0 Å². The van der Waals surface area contributed by atoms with E-state index in [0.29, 0.717) is 16.1 Å². The molecule has 27 heavy (non-hydrogen) atoms. The monoisotopic (exact) mass is 386 g/mol. The fourth-order valence-corrected chi connectivity index (χ4v) is 4.93. The van der Waals surface area contributed by atoms with Gasteiger partial charge in [-0.25, -0.2) is 4.79 Å². The van der Waals surface area contributed by atoms with E-state index in [9.17, 15) is 14.4 Å². The molecule has 1 heterocycles. The van der Waals surface area contributed by atoms with E-state index >= 15 is 0 Å². The highest BCUT2D eigenvalue weighted by Gasteiger charge is 2.26. The molecule has 3 N–H and O–H groups in total. The molecular formula is C20H22N2O4S. The summed E-state index contributed by atoms with van der Waals surface area (Å²) < 4.78 is 5.18. The number of carbonyl (C=O) groups excluding carboxylic acids is 3. The lowest BCUT2D eigenvalue weighted by Gasteiger charge is -2.11. The van der Waals surface area contributed by atoms with E-state index in [0.717, 1.165) is 46.4 Å². The summed E-state index contributed by atoms with van der Waals surface area (Å²) in [6.07, 6.45) is 2.67. The van der Waals surface area contributed by atoms with Gasteiger partial charge in [-0.3, -0.25) is 9.59 Å². The smallest absolute Gasteiger partial charge is 0.339 e. The molecule has 6 nitrogen and oxygen atoms in total. The van der Waals surface area contributed by atoms with Crippen molar-refractivity contribution < 1.29 is 19.1 Å². The van der Waals surface area contributed by atoms with Gasteiger partial charge in [0.25, 0.3) is 11.8 Å². The molecule has 0 saturated carbocycles. The van der Waals surface area contributed by atoms with E-state index < -0.39 is 24.4 Å². The molecule has 0 aliphatic heterocycles. The van der Waals surface area contributed by atoms with Crippen LogP contribution in [-0.4, -0.2) is 24.4 Å². The summed E-state index contributed by atoms with van der Waals surface area (Å²) in [4.78, 5) is 37.5. The molecule has 1 aliphatic rings. The second-order valence-corrected chi connectivity index (χ2v) is 7.93. The zero-order valence-electron chi connectivity index (χ0n) is 15.6. The Hall–Kier alpha value is -2.67. The average molecular weight is 386 g/mol. The number of hydrogen-bond acceptors (Lipinski definition) is 5. The van der Waals surface area contributed by atoms with Crippen LogP contribution >= 0.6 is 11.3 Å². The Kier molecular flexibility index (Phi) is 5.32. The Bertz CT molecular complexity index is 923. The molecule has 3 rings (SSSR count). The van der Waals surface area contributed by atoms with Crippen molar-refractivity contribution in [3.8, 4) is 0 Å². The molecule has 1 aliphatic carbocycles. The van der Waals surface area contributed by atoms with Gasteiger partial charge in [0.15, 0.2) is 6.61 Å². The molecule has 0 radical (unpaired) electrons. The fourth-order valence-electron chi connectivity index (χ4n) is 3.62. The van der Waals surface area contributed by atoms with Gasteiger partial charge in [-0.1, -0.05) is 17.7 Å². The number of hydrogen-bond donors (Lipinski definition) is 2. The summed E-state index contributed by atoms with van der Waals surface area (Å²) in [5.74, 6) is -1.58. The summed E-state index contributed by atoms with van der Waals surface area (Å²) in [6.45, 7) is 5.20. The number of fused-ring (bicyclic) bond motifs is 1. The summed E-state index contributed by atoms with van der Waals surface area (Å²) in [7, 11) is 0. The molecular weight excluding hydrogens is 364 g/mol. The minimum atomic E-state index is -0.549. The third-order valence-corrected chi connectivity index (χ3v) is 5.84. The van der Waals surface area contributed by atoms with Crippen molar-refractivity contribution in [3.05, 3.63) is 50.4 Å². The fraction of sp³-hybridized carbons (Fsp3) is 0.350.